The van der Waals surface area contributed by atoms with E-state index in [1.54, 1.807) is 22.7 Å². The van der Waals surface area contributed by atoms with Crippen LogP contribution in [0.25, 0.3) is 22.2 Å². The summed E-state index contributed by atoms with van der Waals surface area (Å²) in [6.45, 7) is 6.10. The number of hydrogen-bond acceptors (Lipinski definition) is 8. The maximum absolute atomic E-state index is 13.6. The number of aliphatic hydroxyl groups excluding tert-OH is 1. The van der Waals surface area contributed by atoms with E-state index in [1.165, 1.54) is 6.33 Å². The number of β-amino-alcohol motifs (C(OH)–C–C–N with tert-alkyl or cyclic N) is 1. The number of benzene rings is 1. The summed E-state index contributed by atoms with van der Waals surface area (Å²) in [5, 5.41) is 22.1. The van der Waals surface area contributed by atoms with E-state index >= 15 is 0 Å². The molecule has 1 fully saturated rings. The van der Waals surface area contributed by atoms with Gasteiger partial charge in [0.2, 0.25) is 5.91 Å². The van der Waals surface area contributed by atoms with Crippen molar-refractivity contribution >= 4 is 33.9 Å². The van der Waals surface area contributed by atoms with Crippen LogP contribution in [0.4, 0.5) is 5.82 Å². The van der Waals surface area contributed by atoms with Gasteiger partial charge in [0.15, 0.2) is 11.5 Å². The fourth-order valence-electron chi connectivity index (χ4n) is 5.04. The second-order valence-corrected chi connectivity index (χ2v) is 9.81. The number of fused-ring (bicyclic) bond motifs is 2. The van der Waals surface area contributed by atoms with Gasteiger partial charge in [0.25, 0.3) is 0 Å². The van der Waals surface area contributed by atoms with Crippen LogP contribution < -0.4 is 5.73 Å². The van der Waals surface area contributed by atoms with E-state index in [0.29, 0.717) is 11.2 Å². The van der Waals surface area contributed by atoms with Crippen LogP contribution in [-0.4, -0.2) is 74.9 Å². The topological polar surface area (TPSA) is 148 Å². The minimum atomic E-state index is -1.33. The number of anilines is 1. The van der Waals surface area contributed by atoms with Gasteiger partial charge in [0.1, 0.15) is 24.2 Å². The number of nitrogen functional groups attached to an aromatic ring is 1. The van der Waals surface area contributed by atoms with E-state index in [2.05, 4.69) is 15.0 Å². The lowest BCUT2D eigenvalue weighted by Crippen LogP contribution is -2.43. The summed E-state index contributed by atoms with van der Waals surface area (Å²) in [7, 11) is 0. The van der Waals surface area contributed by atoms with E-state index in [-0.39, 0.29) is 43.7 Å². The van der Waals surface area contributed by atoms with Gasteiger partial charge in [-0.1, -0.05) is 26.0 Å². The van der Waals surface area contributed by atoms with E-state index in [9.17, 15) is 15.0 Å². The summed E-state index contributed by atoms with van der Waals surface area (Å²) < 4.78 is 3.66. The molecular formula is C24H30N8O3. The molecule has 1 aliphatic rings. The maximum atomic E-state index is 13.6. The molecule has 1 saturated heterocycles. The lowest BCUT2D eigenvalue weighted by molar-refractivity contribution is -0.133. The number of hydrogen-bond donors (Lipinski definition) is 3. The number of aliphatic hydroxyl groups is 2. The highest BCUT2D eigenvalue weighted by Crippen LogP contribution is 2.34. The molecule has 35 heavy (non-hydrogen) atoms. The normalized spacial score (nSPS) is 23.3. The Labute approximate surface area is 202 Å². The first-order valence-corrected chi connectivity index (χ1v) is 11.7. The second-order valence-electron chi connectivity index (χ2n) is 9.81. The standard InChI is InChI=1S/C24H30N8O3/c1-14(2)22-29-16-6-4-5-7-17(16)31(22)11-19(34)30-9-15(33)8-24(3,35)18(10-30)32-13-28-20-21(25)26-12-27-23(20)32/h4-7,12-15,18,33,35H,8-11H2,1-3H3,(H2,25,26,27)/t15-,18+,24+/m1/s1. The van der Waals surface area contributed by atoms with Crippen molar-refractivity contribution in [3.63, 3.8) is 0 Å². The molecule has 11 nitrogen and oxygen atoms in total. The minimum Gasteiger partial charge on any atom is -0.391 e. The Morgan fingerprint density at radius 1 is 1.23 bits per heavy atom. The lowest BCUT2D eigenvalue weighted by atomic mass is 9.91. The van der Waals surface area contributed by atoms with E-state index in [4.69, 9.17) is 10.7 Å². The predicted octanol–water partition coefficient (Wildman–Crippen LogP) is 1.47. The second kappa shape index (κ2) is 8.58. The third-order valence-electron chi connectivity index (χ3n) is 6.76. The highest BCUT2D eigenvalue weighted by Gasteiger charge is 2.42. The number of nitrogens with zero attached hydrogens (tertiary/aromatic N) is 7. The molecule has 0 radical (unpaired) electrons. The molecule has 0 unspecified atom stereocenters. The number of carbonyl (C=O) groups excluding carboxylic acids is 1. The van der Waals surface area contributed by atoms with Crippen LogP contribution >= 0.6 is 0 Å². The Morgan fingerprint density at radius 2 is 2.00 bits per heavy atom. The van der Waals surface area contributed by atoms with E-state index in [0.717, 1.165) is 16.9 Å². The lowest BCUT2D eigenvalue weighted by Gasteiger charge is -2.34. The quantitative estimate of drug-likeness (QED) is 0.399. The summed E-state index contributed by atoms with van der Waals surface area (Å²) >= 11 is 0. The van der Waals surface area contributed by atoms with Crippen molar-refractivity contribution in [2.45, 2.75) is 57.4 Å². The third kappa shape index (κ3) is 4.10. The molecule has 4 heterocycles. The van der Waals surface area contributed by atoms with Crippen molar-refractivity contribution in [3.8, 4) is 0 Å². The number of para-hydroxylation sites is 2. The van der Waals surface area contributed by atoms with Gasteiger partial charge in [0.05, 0.1) is 35.1 Å². The zero-order valence-corrected chi connectivity index (χ0v) is 20.0. The van der Waals surface area contributed by atoms with Crippen LogP contribution in [0.2, 0.25) is 0 Å². The average Bonchev–Trinajstić information content (AvgIpc) is 3.35. The Hall–Kier alpha value is -3.57. The Kier molecular flexibility index (Phi) is 5.68. The highest BCUT2D eigenvalue weighted by molar-refractivity contribution is 5.82. The molecule has 0 spiro atoms. The predicted molar refractivity (Wildman–Crippen MR) is 130 cm³/mol. The Balaban J connectivity index is 1.50. The minimum absolute atomic E-state index is 0.0788. The first-order valence-electron chi connectivity index (χ1n) is 11.7. The van der Waals surface area contributed by atoms with Crippen LogP contribution in [0.5, 0.6) is 0 Å². The van der Waals surface area contributed by atoms with Crippen LogP contribution in [0.1, 0.15) is 45.0 Å². The summed E-state index contributed by atoms with van der Waals surface area (Å²) in [4.78, 5) is 32.6. The number of amides is 1. The Morgan fingerprint density at radius 3 is 2.77 bits per heavy atom. The fourth-order valence-corrected chi connectivity index (χ4v) is 5.04. The summed E-state index contributed by atoms with van der Waals surface area (Å²) in [5.74, 6) is 1.02. The van der Waals surface area contributed by atoms with Gasteiger partial charge in [-0.2, -0.15) is 0 Å². The van der Waals surface area contributed by atoms with Gasteiger partial charge in [-0.25, -0.2) is 19.9 Å². The zero-order chi connectivity index (χ0) is 24.9. The maximum Gasteiger partial charge on any atom is 0.242 e. The molecule has 3 aromatic heterocycles. The molecule has 0 aliphatic carbocycles. The molecule has 0 bridgehead atoms. The van der Waals surface area contributed by atoms with Crippen LogP contribution in [0, 0.1) is 0 Å². The number of imidazole rings is 2. The third-order valence-corrected chi connectivity index (χ3v) is 6.76. The number of rotatable bonds is 4. The first-order chi connectivity index (χ1) is 16.7. The van der Waals surface area contributed by atoms with Crippen LogP contribution in [-0.2, 0) is 11.3 Å². The number of nitrogens with two attached hydrogens (primary N) is 1. The van der Waals surface area contributed by atoms with Gasteiger partial charge >= 0.3 is 0 Å². The van der Waals surface area contributed by atoms with Crippen molar-refractivity contribution < 1.29 is 15.0 Å². The summed E-state index contributed by atoms with van der Waals surface area (Å²) in [6.07, 6.45) is 2.09. The Bertz CT molecular complexity index is 1390. The monoisotopic (exact) mass is 478 g/mol. The van der Waals surface area contributed by atoms with Gasteiger partial charge in [-0.15, -0.1) is 0 Å². The zero-order valence-electron chi connectivity index (χ0n) is 20.0. The van der Waals surface area contributed by atoms with Crippen molar-refractivity contribution in [2.75, 3.05) is 18.8 Å². The van der Waals surface area contributed by atoms with Crippen LogP contribution in [0.3, 0.4) is 0 Å². The summed E-state index contributed by atoms with van der Waals surface area (Å²) in [6, 6.07) is 7.13. The number of carbonyl (C=O) groups is 1. The van der Waals surface area contributed by atoms with Crippen molar-refractivity contribution in [1.29, 1.82) is 0 Å². The highest BCUT2D eigenvalue weighted by atomic mass is 16.3. The first kappa shape index (κ1) is 23.2. The molecule has 4 N–H and O–H groups in total. The van der Waals surface area contributed by atoms with E-state index < -0.39 is 17.7 Å². The van der Waals surface area contributed by atoms with Crippen LogP contribution in [0.15, 0.2) is 36.9 Å². The molecule has 184 valence electrons. The van der Waals surface area contributed by atoms with Crippen molar-refractivity contribution in [2.24, 2.45) is 0 Å². The molecule has 3 atom stereocenters. The smallest absolute Gasteiger partial charge is 0.242 e. The number of likely N-dealkylation sites (tertiary alicyclic amines) is 1. The molecule has 1 aliphatic heterocycles. The van der Waals surface area contributed by atoms with Crippen molar-refractivity contribution in [3.05, 3.63) is 42.7 Å². The fraction of sp³-hybridized carbons (Fsp3) is 0.458. The molecule has 1 aromatic carbocycles. The molecule has 1 amide bonds. The van der Waals surface area contributed by atoms with E-state index in [1.807, 2.05) is 42.7 Å². The van der Waals surface area contributed by atoms with Gasteiger partial charge in [-0.05, 0) is 19.1 Å². The SMILES string of the molecule is CC(C)c1nc2ccccc2n1CC(=O)N1C[C@H](O)C[C@](C)(O)[C@@H](n2cnc3c(N)ncnc32)C1. The number of aromatic nitrogens is 6. The van der Waals surface area contributed by atoms with Crippen molar-refractivity contribution in [1.82, 2.24) is 34.0 Å². The molecular weight excluding hydrogens is 448 g/mol. The average molecular weight is 479 g/mol. The van der Waals surface area contributed by atoms with Gasteiger partial charge in [0, 0.05) is 25.4 Å². The van der Waals surface area contributed by atoms with Gasteiger partial charge < -0.3 is 30.0 Å². The summed E-state index contributed by atoms with van der Waals surface area (Å²) in [5.41, 5.74) is 7.24. The molecule has 0 saturated carbocycles. The molecule has 4 aromatic rings. The molecule has 11 heteroatoms. The largest absolute Gasteiger partial charge is 0.391 e. The van der Waals surface area contributed by atoms with Gasteiger partial charge in [-0.3, -0.25) is 4.79 Å². The molecule has 5 rings (SSSR count).